The summed E-state index contributed by atoms with van der Waals surface area (Å²) in [4.78, 5) is 14.4. The van der Waals surface area contributed by atoms with Crippen molar-refractivity contribution in [2.75, 3.05) is 0 Å². The van der Waals surface area contributed by atoms with Crippen LogP contribution in [0.15, 0.2) is 36.5 Å². The molecule has 16 heavy (non-hydrogen) atoms. The lowest BCUT2D eigenvalue weighted by molar-refractivity contribution is -0.107. The van der Waals surface area contributed by atoms with Crippen LogP contribution in [0.5, 0.6) is 0 Å². The number of pyridine rings is 1. The monoisotopic (exact) mass is 231 g/mol. The van der Waals surface area contributed by atoms with Gasteiger partial charge in [-0.3, -0.25) is 4.98 Å². The van der Waals surface area contributed by atoms with Crippen molar-refractivity contribution in [2.24, 2.45) is 0 Å². The molecule has 0 aliphatic carbocycles. The minimum atomic E-state index is 0.429. The number of fused-ring (bicyclic) bond motifs is 1. The van der Waals surface area contributed by atoms with E-state index in [-0.39, 0.29) is 0 Å². The zero-order valence-electron chi connectivity index (χ0n) is 8.56. The van der Waals surface area contributed by atoms with Crippen LogP contribution in [0.2, 0.25) is 5.02 Å². The largest absolute Gasteiger partial charge is 0.303 e. The molecule has 0 fully saturated rings. The minimum Gasteiger partial charge on any atom is -0.303 e. The van der Waals surface area contributed by atoms with Crippen molar-refractivity contribution in [3.8, 4) is 0 Å². The molecule has 2 aromatic rings. The van der Waals surface area contributed by atoms with E-state index in [0.29, 0.717) is 11.4 Å². The smallest absolute Gasteiger partial charge is 0.123 e. The van der Waals surface area contributed by atoms with Gasteiger partial charge >= 0.3 is 0 Å². The molecule has 0 radical (unpaired) electrons. The fourth-order valence-corrected chi connectivity index (χ4v) is 1.70. The van der Waals surface area contributed by atoms with Gasteiger partial charge in [0.2, 0.25) is 0 Å². The molecule has 2 nitrogen and oxygen atoms in total. The van der Waals surface area contributed by atoms with E-state index in [0.717, 1.165) is 22.8 Å². The highest BCUT2D eigenvalue weighted by Crippen LogP contribution is 2.22. The number of carbonyl (C=O) groups excluding carboxylic acids is 1. The Morgan fingerprint density at radius 1 is 1.31 bits per heavy atom. The van der Waals surface area contributed by atoms with Gasteiger partial charge in [0, 0.05) is 18.0 Å². The van der Waals surface area contributed by atoms with E-state index < -0.39 is 0 Å². The van der Waals surface area contributed by atoms with E-state index in [1.807, 2.05) is 30.4 Å². The normalized spacial score (nSPS) is 11.1. The van der Waals surface area contributed by atoms with Crippen molar-refractivity contribution in [3.05, 3.63) is 47.1 Å². The fourth-order valence-electron chi connectivity index (χ4n) is 1.49. The van der Waals surface area contributed by atoms with E-state index in [2.05, 4.69) is 4.98 Å². The molecule has 0 unspecified atom stereocenters. The number of halogens is 1. The number of rotatable bonds is 3. The number of aldehydes is 1. The Kier molecular flexibility index (Phi) is 3.32. The predicted octanol–water partition coefficient (Wildman–Crippen LogP) is 3.49. The second kappa shape index (κ2) is 4.90. The van der Waals surface area contributed by atoms with Gasteiger partial charge < -0.3 is 4.79 Å². The summed E-state index contributed by atoms with van der Waals surface area (Å²) in [5, 5.41) is 1.62. The van der Waals surface area contributed by atoms with Gasteiger partial charge in [-0.05, 0) is 23.8 Å². The van der Waals surface area contributed by atoms with E-state index in [9.17, 15) is 4.79 Å². The first-order valence-corrected chi connectivity index (χ1v) is 5.33. The molecule has 0 saturated heterocycles. The number of carbonyl (C=O) groups is 1. The minimum absolute atomic E-state index is 0.429. The number of hydrogen-bond acceptors (Lipinski definition) is 2. The molecule has 0 N–H and O–H groups in total. The Morgan fingerprint density at radius 2 is 2.19 bits per heavy atom. The fraction of sp³-hybridized carbons (Fsp3) is 0.0769. The third-order valence-electron chi connectivity index (χ3n) is 2.26. The highest BCUT2D eigenvalue weighted by molar-refractivity contribution is 6.35. The average molecular weight is 232 g/mol. The molecular formula is C13H10ClNO. The lowest BCUT2D eigenvalue weighted by atomic mass is 10.1. The van der Waals surface area contributed by atoms with Crippen molar-refractivity contribution in [1.29, 1.82) is 0 Å². The maximum Gasteiger partial charge on any atom is 0.123 e. The molecule has 0 saturated carbocycles. The van der Waals surface area contributed by atoms with Gasteiger partial charge in [-0.2, -0.15) is 0 Å². The second-order valence-electron chi connectivity index (χ2n) is 3.37. The molecule has 1 heterocycles. The number of aromatic nitrogens is 1. The Labute approximate surface area is 98.6 Å². The summed E-state index contributed by atoms with van der Waals surface area (Å²) < 4.78 is 0. The Balaban J connectivity index is 2.43. The predicted molar refractivity (Wildman–Crippen MR) is 66.5 cm³/mol. The second-order valence-corrected chi connectivity index (χ2v) is 3.78. The highest BCUT2D eigenvalue weighted by Gasteiger charge is 1.99. The summed E-state index contributed by atoms with van der Waals surface area (Å²) >= 11 is 6.07. The van der Waals surface area contributed by atoms with Crippen LogP contribution in [0, 0.1) is 0 Å². The summed E-state index contributed by atoms with van der Waals surface area (Å²) in [5.41, 5.74) is 1.89. The Hall–Kier alpha value is -1.67. The van der Waals surface area contributed by atoms with E-state index >= 15 is 0 Å². The van der Waals surface area contributed by atoms with Crippen LogP contribution in [0.3, 0.4) is 0 Å². The summed E-state index contributed by atoms with van der Waals surface area (Å²) in [7, 11) is 0. The molecule has 0 spiro atoms. The molecular weight excluding hydrogens is 222 g/mol. The first kappa shape index (κ1) is 10.8. The lowest BCUT2D eigenvalue weighted by Gasteiger charge is -2.00. The summed E-state index contributed by atoms with van der Waals surface area (Å²) in [6, 6.07) is 7.60. The molecule has 0 amide bonds. The zero-order chi connectivity index (χ0) is 11.4. The zero-order valence-corrected chi connectivity index (χ0v) is 9.32. The molecule has 0 atom stereocenters. The maximum atomic E-state index is 10.2. The lowest BCUT2D eigenvalue weighted by Crippen LogP contribution is -1.80. The van der Waals surface area contributed by atoms with Crippen LogP contribution in [0.25, 0.3) is 17.0 Å². The van der Waals surface area contributed by atoms with Crippen molar-refractivity contribution in [1.82, 2.24) is 4.98 Å². The first-order chi connectivity index (χ1) is 7.81. The average Bonchev–Trinajstić information content (AvgIpc) is 2.30. The number of hydrogen-bond donors (Lipinski definition) is 0. The van der Waals surface area contributed by atoms with Gasteiger partial charge in [-0.1, -0.05) is 29.8 Å². The van der Waals surface area contributed by atoms with Crippen LogP contribution in [-0.4, -0.2) is 11.3 Å². The van der Waals surface area contributed by atoms with Crippen LogP contribution < -0.4 is 0 Å². The number of nitrogens with zero attached hydrogens (tertiary/aromatic N) is 1. The van der Waals surface area contributed by atoms with Gasteiger partial charge in [0.25, 0.3) is 0 Å². The molecule has 2 rings (SSSR count). The Bertz CT molecular complexity index is 549. The Morgan fingerprint density at radius 3 is 3.00 bits per heavy atom. The summed E-state index contributed by atoms with van der Waals surface area (Å²) in [6.45, 7) is 0. The number of benzene rings is 1. The van der Waals surface area contributed by atoms with E-state index in [1.165, 1.54) is 0 Å². The van der Waals surface area contributed by atoms with E-state index in [4.69, 9.17) is 11.6 Å². The topological polar surface area (TPSA) is 30.0 Å². The van der Waals surface area contributed by atoms with Gasteiger partial charge in [0.15, 0.2) is 0 Å². The summed E-state index contributed by atoms with van der Waals surface area (Å²) in [5.74, 6) is 0. The van der Waals surface area contributed by atoms with Crippen molar-refractivity contribution in [3.63, 3.8) is 0 Å². The van der Waals surface area contributed by atoms with Gasteiger partial charge in [0.05, 0.1) is 10.5 Å². The summed E-state index contributed by atoms with van der Waals surface area (Å²) in [6.07, 6.45) is 6.70. The van der Waals surface area contributed by atoms with Crippen molar-refractivity contribution in [2.45, 2.75) is 6.42 Å². The number of allylic oxidation sites excluding steroid dienone is 1. The molecule has 80 valence electrons. The first-order valence-electron chi connectivity index (χ1n) is 4.96. The van der Waals surface area contributed by atoms with Crippen LogP contribution in [0.4, 0.5) is 0 Å². The standard InChI is InChI=1S/C13H10ClNO/c14-12-6-7-15-13-5-4-10(9-11(12)13)3-1-2-8-16/h1,3-9H,2H2. The van der Waals surface area contributed by atoms with Gasteiger partial charge in [-0.15, -0.1) is 0 Å². The SMILES string of the molecule is O=CCC=Cc1ccc2nccc(Cl)c2c1. The van der Waals surface area contributed by atoms with Crippen LogP contribution >= 0.6 is 11.6 Å². The molecule has 0 aliphatic heterocycles. The molecule has 1 aromatic carbocycles. The molecule has 0 bridgehead atoms. The third kappa shape index (κ3) is 2.28. The van der Waals surface area contributed by atoms with E-state index in [1.54, 1.807) is 12.3 Å². The maximum absolute atomic E-state index is 10.2. The molecule has 3 heteroatoms. The van der Waals surface area contributed by atoms with Crippen molar-refractivity contribution < 1.29 is 4.79 Å². The molecule has 1 aromatic heterocycles. The van der Waals surface area contributed by atoms with Crippen LogP contribution in [-0.2, 0) is 4.79 Å². The molecule has 0 aliphatic rings. The van der Waals surface area contributed by atoms with Crippen molar-refractivity contribution >= 4 is 34.9 Å². The highest BCUT2D eigenvalue weighted by atomic mass is 35.5. The van der Waals surface area contributed by atoms with Gasteiger partial charge in [-0.25, -0.2) is 0 Å². The quantitative estimate of drug-likeness (QED) is 0.757. The van der Waals surface area contributed by atoms with Crippen LogP contribution in [0.1, 0.15) is 12.0 Å². The third-order valence-corrected chi connectivity index (χ3v) is 2.58. The van der Waals surface area contributed by atoms with Gasteiger partial charge in [0.1, 0.15) is 6.29 Å².